The number of para-hydroxylation sites is 1. The molecule has 0 saturated heterocycles. The Hall–Kier alpha value is -1.84. The molecule has 4 heteroatoms. The van der Waals surface area contributed by atoms with Crippen molar-refractivity contribution >= 4 is 22.7 Å². The van der Waals surface area contributed by atoms with E-state index in [1.54, 1.807) is 0 Å². The third-order valence-electron chi connectivity index (χ3n) is 3.27. The maximum Gasteiger partial charge on any atom is 0.225 e. The van der Waals surface area contributed by atoms with E-state index in [0.717, 1.165) is 36.1 Å². The molecule has 0 bridgehead atoms. The van der Waals surface area contributed by atoms with Gasteiger partial charge in [-0.15, -0.1) is 0 Å². The van der Waals surface area contributed by atoms with Crippen LogP contribution in [-0.2, 0) is 0 Å². The van der Waals surface area contributed by atoms with Crippen LogP contribution in [0.2, 0.25) is 0 Å². The molecule has 0 aliphatic carbocycles. The molecule has 0 aliphatic rings. The Kier molecular flexibility index (Phi) is 4.42. The smallest absolute Gasteiger partial charge is 0.225 e. The van der Waals surface area contributed by atoms with Gasteiger partial charge in [0.15, 0.2) is 0 Å². The minimum Gasteiger partial charge on any atom is -0.365 e. The van der Waals surface area contributed by atoms with Crippen LogP contribution >= 0.6 is 0 Å². The van der Waals surface area contributed by atoms with E-state index >= 15 is 0 Å². The summed E-state index contributed by atoms with van der Waals surface area (Å²) in [6.07, 6.45) is 2.24. The third-order valence-corrected chi connectivity index (χ3v) is 3.27. The Labute approximate surface area is 121 Å². The van der Waals surface area contributed by atoms with Crippen molar-refractivity contribution in [1.82, 2.24) is 9.97 Å². The van der Waals surface area contributed by atoms with Crippen LogP contribution in [0.1, 0.15) is 40.5 Å². The number of anilines is 2. The summed E-state index contributed by atoms with van der Waals surface area (Å²) < 4.78 is 0. The summed E-state index contributed by atoms with van der Waals surface area (Å²) in [5, 5.41) is 7.83. The van der Waals surface area contributed by atoms with Crippen LogP contribution in [0.25, 0.3) is 10.9 Å². The van der Waals surface area contributed by atoms with Crippen LogP contribution in [-0.4, -0.2) is 22.1 Å². The summed E-state index contributed by atoms with van der Waals surface area (Å²) in [4.78, 5) is 9.16. The SMILES string of the molecule is CCCC(C)(C)Nc1nc(NCC)nc2ccccc12. The van der Waals surface area contributed by atoms with E-state index < -0.39 is 0 Å². The summed E-state index contributed by atoms with van der Waals surface area (Å²) in [6.45, 7) is 9.48. The first-order valence-corrected chi connectivity index (χ1v) is 7.34. The molecule has 0 unspecified atom stereocenters. The fourth-order valence-corrected chi connectivity index (χ4v) is 2.42. The zero-order valence-electron chi connectivity index (χ0n) is 12.8. The Morgan fingerprint density at radius 3 is 2.55 bits per heavy atom. The maximum atomic E-state index is 4.62. The van der Waals surface area contributed by atoms with Crippen molar-refractivity contribution in [3.05, 3.63) is 24.3 Å². The molecule has 108 valence electrons. The van der Waals surface area contributed by atoms with Crippen molar-refractivity contribution in [2.75, 3.05) is 17.2 Å². The van der Waals surface area contributed by atoms with Gasteiger partial charge in [0.05, 0.1) is 5.52 Å². The lowest BCUT2D eigenvalue weighted by atomic mass is 9.99. The molecule has 0 saturated carbocycles. The molecular weight excluding hydrogens is 248 g/mol. The molecule has 1 aromatic carbocycles. The van der Waals surface area contributed by atoms with Gasteiger partial charge in [-0.25, -0.2) is 4.98 Å². The zero-order valence-corrected chi connectivity index (χ0v) is 12.8. The van der Waals surface area contributed by atoms with E-state index in [-0.39, 0.29) is 5.54 Å². The topological polar surface area (TPSA) is 49.8 Å². The van der Waals surface area contributed by atoms with E-state index in [1.807, 2.05) is 25.1 Å². The van der Waals surface area contributed by atoms with Gasteiger partial charge in [-0.1, -0.05) is 25.5 Å². The lowest BCUT2D eigenvalue weighted by molar-refractivity contribution is 0.509. The number of nitrogens with zero attached hydrogens (tertiary/aromatic N) is 2. The second kappa shape index (κ2) is 6.07. The van der Waals surface area contributed by atoms with E-state index in [2.05, 4.69) is 47.4 Å². The number of aromatic nitrogens is 2. The quantitative estimate of drug-likeness (QED) is 0.833. The summed E-state index contributed by atoms with van der Waals surface area (Å²) in [6, 6.07) is 8.12. The largest absolute Gasteiger partial charge is 0.365 e. The van der Waals surface area contributed by atoms with E-state index in [9.17, 15) is 0 Å². The van der Waals surface area contributed by atoms with Gasteiger partial charge < -0.3 is 10.6 Å². The van der Waals surface area contributed by atoms with Crippen LogP contribution in [0.5, 0.6) is 0 Å². The van der Waals surface area contributed by atoms with Gasteiger partial charge in [-0.3, -0.25) is 0 Å². The minimum atomic E-state index is 0.0232. The number of fused-ring (bicyclic) bond motifs is 1. The molecule has 2 aromatic rings. The normalized spacial score (nSPS) is 11.6. The highest BCUT2D eigenvalue weighted by Gasteiger charge is 2.18. The van der Waals surface area contributed by atoms with Crippen molar-refractivity contribution in [2.45, 2.75) is 46.1 Å². The lowest BCUT2D eigenvalue weighted by Crippen LogP contribution is -2.31. The van der Waals surface area contributed by atoms with E-state index in [1.165, 1.54) is 0 Å². The second-order valence-electron chi connectivity index (χ2n) is 5.70. The van der Waals surface area contributed by atoms with Crippen molar-refractivity contribution < 1.29 is 0 Å². The highest BCUT2D eigenvalue weighted by atomic mass is 15.2. The Balaban J connectivity index is 2.44. The van der Waals surface area contributed by atoms with Crippen molar-refractivity contribution in [3.8, 4) is 0 Å². The highest BCUT2D eigenvalue weighted by Crippen LogP contribution is 2.26. The second-order valence-corrected chi connectivity index (χ2v) is 5.70. The zero-order chi connectivity index (χ0) is 14.6. The molecule has 0 spiro atoms. The average Bonchev–Trinajstić information content (AvgIpc) is 2.38. The summed E-state index contributed by atoms with van der Waals surface area (Å²) in [5.74, 6) is 1.59. The molecule has 2 N–H and O–H groups in total. The monoisotopic (exact) mass is 272 g/mol. The number of hydrogen-bond acceptors (Lipinski definition) is 4. The van der Waals surface area contributed by atoms with Crippen molar-refractivity contribution in [3.63, 3.8) is 0 Å². The van der Waals surface area contributed by atoms with Crippen molar-refractivity contribution in [2.24, 2.45) is 0 Å². The van der Waals surface area contributed by atoms with Gasteiger partial charge in [0.1, 0.15) is 5.82 Å². The Bertz CT molecular complexity index is 578. The van der Waals surface area contributed by atoms with Crippen LogP contribution in [0.4, 0.5) is 11.8 Å². The predicted molar refractivity (Wildman–Crippen MR) is 86.3 cm³/mol. The molecule has 2 rings (SSSR count). The molecule has 20 heavy (non-hydrogen) atoms. The van der Waals surface area contributed by atoms with E-state index in [0.29, 0.717) is 5.95 Å². The molecular formula is C16H24N4. The number of rotatable bonds is 6. The average molecular weight is 272 g/mol. The van der Waals surface area contributed by atoms with Gasteiger partial charge in [0, 0.05) is 17.5 Å². The molecule has 1 aromatic heterocycles. The molecule has 4 nitrogen and oxygen atoms in total. The lowest BCUT2D eigenvalue weighted by Gasteiger charge is -2.27. The molecule has 0 atom stereocenters. The van der Waals surface area contributed by atoms with E-state index in [4.69, 9.17) is 0 Å². The van der Waals surface area contributed by atoms with Gasteiger partial charge >= 0.3 is 0 Å². The minimum absolute atomic E-state index is 0.0232. The molecule has 0 amide bonds. The van der Waals surface area contributed by atoms with Gasteiger partial charge in [0.25, 0.3) is 0 Å². The first-order chi connectivity index (χ1) is 9.55. The van der Waals surface area contributed by atoms with Crippen LogP contribution in [0.15, 0.2) is 24.3 Å². The number of benzene rings is 1. The van der Waals surface area contributed by atoms with Gasteiger partial charge in [-0.2, -0.15) is 4.98 Å². The summed E-state index contributed by atoms with van der Waals surface area (Å²) in [5.41, 5.74) is 0.989. The van der Waals surface area contributed by atoms with Crippen LogP contribution in [0.3, 0.4) is 0 Å². The fraction of sp³-hybridized carbons (Fsp3) is 0.500. The number of nitrogens with one attached hydrogen (secondary N) is 2. The standard InChI is InChI=1S/C16H24N4/c1-5-11-16(3,4)20-14-12-9-7-8-10-13(12)18-15(19-14)17-6-2/h7-10H,5-6,11H2,1-4H3,(H2,17,18,19,20). The summed E-state index contributed by atoms with van der Waals surface area (Å²) in [7, 11) is 0. The molecule has 0 aliphatic heterocycles. The van der Waals surface area contributed by atoms with Gasteiger partial charge in [-0.05, 0) is 39.3 Å². The van der Waals surface area contributed by atoms with Gasteiger partial charge in [0.2, 0.25) is 5.95 Å². The van der Waals surface area contributed by atoms with Crippen molar-refractivity contribution in [1.29, 1.82) is 0 Å². The number of hydrogen-bond donors (Lipinski definition) is 2. The molecule has 0 fully saturated rings. The van der Waals surface area contributed by atoms with Crippen LogP contribution in [0, 0.1) is 0 Å². The fourth-order valence-electron chi connectivity index (χ4n) is 2.42. The van der Waals surface area contributed by atoms with Crippen LogP contribution < -0.4 is 10.6 Å². The highest BCUT2D eigenvalue weighted by molar-refractivity contribution is 5.90. The summed E-state index contributed by atoms with van der Waals surface area (Å²) >= 11 is 0. The Morgan fingerprint density at radius 1 is 1.10 bits per heavy atom. The third kappa shape index (κ3) is 3.38. The first kappa shape index (κ1) is 14.6. The Morgan fingerprint density at radius 2 is 1.85 bits per heavy atom. The predicted octanol–water partition coefficient (Wildman–Crippen LogP) is 4.05. The first-order valence-electron chi connectivity index (χ1n) is 7.34. The maximum absolute atomic E-state index is 4.62. The molecule has 0 radical (unpaired) electrons. The molecule has 1 heterocycles.